The largest absolute Gasteiger partial charge is 0.496 e. The highest BCUT2D eigenvalue weighted by Crippen LogP contribution is 2.27. The molecule has 4 aromatic carbocycles. The quantitative estimate of drug-likeness (QED) is 0.0199. The third-order valence-electron chi connectivity index (χ3n) is 10.5. The maximum atomic E-state index is 13.9. The van der Waals surface area contributed by atoms with Crippen molar-refractivity contribution in [1.29, 1.82) is 0 Å². The van der Waals surface area contributed by atoms with Crippen LogP contribution in [0.15, 0.2) is 77.8 Å². The number of nitrogens with two attached hydrogens (primary N) is 5. The van der Waals surface area contributed by atoms with Gasteiger partial charge in [0, 0.05) is 29.3 Å². The zero-order chi connectivity index (χ0) is 55.2. The van der Waals surface area contributed by atoms with Crippen molar-refractivity contribution >= 4 is 81.9 Å². The number of carbonyl (C=O) groups excluding carboxylic acids is 8. The van der Waals surface area contributed by atoms with E-state index in [1.54, 1.807) is 0 Å². The SMILES string of the molecule is COc1ccc(NC(=O)CNC(=O)c2cc(NC(=O)CNC(=O)c3cc(NC(=O)C(CCCN=C(N)N)NC(=O)c4cc(NC(=O)C(N)CCCN)ccc4OC)ccc3OCC(=O)O)ccc2OC)cc1C(N)=O. The minimum absolute atomic E-state index is 0.0182. The highest BCUT2D eigenvalue weighted by molar-refractivity contribution is 6.07. The van der Waals surface area contributed by atoms with Gasteiger partial charge in [0.1, 0.15) is 29.0 Å². The second-order valence-corrected chi connectivity index (χ2v) is 16.0. The van der Waals surface area contributed by atoms with Gasteiger partial charge >= 0.3 is 5.97 Å². The molecule has 4 aromatic rings. The lowest BCUT2D eigenvalue weighted by molar-refractivity contribution is -0.139. The number of primary amides is 1. The van der Waals surface area contributed by atoms with Crippen LogP contribution in [-0.4, -0.2) is 130 Å². The summed E-state index contributed by atoms with van der Waals surface area (Å²) in [5.74, 6) is -7.49. The standard InChI is InChI=1S/C48H59N13O14/c1-72-35-12-8-25(18-29(35)42(51)66)57-39(62)22-55-43(67)30-19-26(9-13-36(30)73-2)58-40(63)23-56-44(68)32-21-28(11-15-38(32)75-24-41(64)65)60-47(71)34(7-5-17-54-48(52)53)61-45(69)31-20-27(10-14-37(31)74-3)59-46(70)33(50)6-4-16-49/h8-15,18-21,33-34H,4-7,16-17,22-24,49-50H2,1-3H3,(H2,51,66)(H,55,67)(H,56,68)(H,57,62)(H,58,63)(H,59,70)(H,60,71)(H,61,69)(H,64,65)(H4,52,53,54). The van der Waals surface area contributed by atoms with Crippen molar-refractivity contribution in [2.45, 2.75) is 37.8 Å². The van der Waals surface area contributed by atoms with Crippen LogP contribution >= 0.6 is 0 Å². The molecule has 0 saturated heterocycles. The summed E-state index contributed by atoms with van der Waals surface area (Å²) in [6.45, 7) is -1.65. The Balaban J connectivity index is 1.48. The zero-order valence-electron chi connectivity index (χ0n) is 41.0. The van der Waals surface area contributed by atoms with Gasteiger partial charge in [0.05, 0.1) is 62.7 Å². The highest BCUT2D eigenvalue weighted by atomic mass is 16.5. The monoisotopic (exact) mass is 1040 g/mol. The van der Waals surface area contributed by atoms with E-state index >= 15 is 0 Å². The summed E-state index contributed by atoms with van der Waals surface area (Å²) in [7, 11) is 3.96. The molecule has 400 valence electrons. The molecule has 0 bridgehead atoms. The van der Waals surface area contributed by atoms with Gasteiger partial charge in [-0.3, -0.25) is 43.3 Å². The van der Waals surface area contributed by atoms with E-state index in [1.165, 1.54) is 88.1 Å². The van der Waals surface area contributed by atoms with Crippen LogP contribution in [0.4, 0.5) is 22.7 Å². The van der Waals surface area contributed by atoms with E-state index in [-0.39, 0.29) is 93.3 Å². The van der Waals surface area contributed by atoms with Gasteiger partial charge < -0.3 is 89.9 Å². The van der Waals surface area contributed by atoms with Crippen LogP contribution in [-0.2, 0) is 24.0 Å². The lowest BCUT2D eigenvalue weighted by atomic mass is 10.1. The molecule has 4 rings (SSSR count). The van der Waals surface area contributed by atoms with Gasteiger partial charge in [0.2, 0.25) is 23.6 Å². The number of aliphatic carboxylic acids is 1. The number of hydrogen-bond donors (Lipinski definition) is 13. The number of anilines is 4. The van der Waals surface area contributed by atoms with E-state index in [1.807, 2.05) is 0 Å². The Bertz CT molecular complexity index is 2800. The van der Waals surface area contributed by atoms with Crippen molar-refractivity contribution in [1.82, 2.24) is 16.0 Å². The lowest BCUT2D eigenvalue weighted by Crippen LogP contribution is -2.44. The summed E-state index contributed by atoms with van der Waals surface area (Å²) in [6, 6.07) is 14.0. The zero-order valence-corrected chi connectivity index (χ0v) is 41.0. The minimum atomic E-state index is -1.38. The number of carbonyl (C=O) groups is 9. The van der Waals surface area contributed by atoms with Crippen LogP contribution in [0, 0.1) is 0 Å². The number of hydrogen-bond acceptors (Lipinski definition) is 16. The lowest BCUT2D eigenvalue weighted by Gasteiger charge is -2.20. The first-order chi connectivity index (χ1) is 35.8. The molecule has 0 spiro atoms. The molecule has 0 aliphatic carbocycles. The van der Waals surface area contributed by atoms with Gasteiger partial charge in [-0.2, -0.15) is 0 Å². The van der Waals surface area contributed by atoms with Gasteiger partial charge in [-0.05, 0) is 105 Å². The van der Waals surface area contributed by atoms with Crippen LogP contribution in [0.1, 0.15) is 67.1 Å². The minimum Gasteiger partial charge on any atom is -0.496 e. The number of nitrogens with one attached hydrogen (secondary N) is 7. The number of carboxylic acids is 1. The van der Waals surface area contributed by atoms with Crippen molar-refractivity contribution in [3.05, 3.63) is 95.1 Å². The van der Waals surface area contributed by atoms with Crippen LogP contribution in [0.5, 0.6) is 23.0 Å². The first-order valence-electron chi connectivity index (χ1n) is 22.7. The molecule has 0 aliphatic rings. The van der Waals surface area contributed by atoms with E-state index in [0.29, 0.717) is 19.4 Å². The maximum absolute atomic E-state index is 13.9. The van der Waals surface area contributed by atoms with Crippen LogP contribution in [0.2, 0.25) is 0 Å². The molecule has 18 N–H and O–H groups in total. The van der Waals surface area contributed by atoms with E-state index in [2.05, 4.69) is 42.2 Å². The molecular weight excluding hydrogens is 983 g/mol. The molecule has 27 nitrogen and oxygen atoms in total. The Morgan fingerprint density at radius 2 is 1.01 bits per heavy atom. The van der Waals surface area contributed by atoms with Crippen molar-refractivity contribution in [2.24, 2.45) is 33.7 Å². The van der Waals surface area contributed by atoms with E-state index in [4.69, 9.17) is 47.6 Å². The molecule has 0 heterocycles. The Hall–Kier alpha value is -9.50. The van der Waals surface area contributed by atoms with Crippen molar-refractivity contribution < 1.29 is 67.2 Å². The Morgan fingerprint density at radius 1 is 0.573 bits per heavy atom. The van der Waals surface area contributed by atoms with Crippen LogP contribution in [0.3, 0.4) is 0 Å². The number of rotatable bonds is 28. The smallest absolute Gasteiger partial charge is 0.341 e. The normalized spacial score (nSPS) is 11.3. The molecular formula is C48H59N13O14. The summed E-state index contributed by atoms with van der Waals surface area (Å²) in [5.41, 5.74) is 27.9. The highest BCUT2D eigenvalue weighted by Gasteiger charge is 2.26. The van der Waals surface area contributed by atoms with Gasteiger partial charge in [0.25, 0.3) is 23.6 Å². The molecule has 2 unspecified atom stereocenters. The average Bonchev–Trinajstić information content (AvgIpc) is 3.38. The number of benzene rings is 4. The second-order valence-electron chi connectivity index (χ2n) is 16.0. The van der Waals surface area contributed by atoms with Gasteiger partial charge in [-0.15, -0.1) is 0 Å². The fraction of sp³-hybridized carbons (Fsp3) is 0.292. The van der Waals surface area contributed by atoms with Crippen molar-refractivity contribution in [2.75, 3.05) is 75.4 Å². The summed E-state index contributed by atoms with van der Waals surface area (Å²) in [4.78, 5) is 120. The van der Waals surface area contributed by atoms with Crippen molar-refractivity contribution in [3.63, 3.8) is 0 Å². The predicted molar refractivity (Wildman–Crippen MR) is 274 cm³/mol. The fourth-order valence-corrected chi connectivity index (χ4v) is 6.82. The molecule has 0 saturated carbocycles. The fourth-order valence-electron chi connectivity index (χ4n) is 6.82. The Morgan fingerprint density at radius 3 is 1.48 bits per heavy atom. The number of ether oxygens (including phenoxy) is 4. The molecule has 75 heavy (non-hydrogen) atoms. The molecule has 0 radical (unpaired) electrons. The van der Waals surface area contributed by atoms with E-state index in [9.17, 15) is 48.3 Å². The Kier molecular flexibility index (Phi) is 22.1. The number of methoxy groups -OCH3 is 3. The maximum Gasteiger partial charge on any atom is 0.341 e. The molecule has 0 aromatic heterocycles. The second kappa shape index (κ2) is 28.5. The molecule has 8 amide bonds. The molecule has 27 heteroatoms. The third-order valence-corrected chi connectivity index (χ3v) is 10.5. The Labute approximate surface area is 429 Å². The summed E-state index contributed by atoms with van der Waals surface area (Å²) >= 11 is 0. The molecule has 0 aliphatic heterocycles. The summed E-state index contributed by atoms with van der Waals surface area (Å²) in [5, 5.41) is 27.1. The molecule has 0 fully saturated rings. The summed E-state index contributed by atoms with van der Waals surface area (Å²) < 4.78 is 21.1. The summed E-state index contributed by atoms with van der Waals surface area (Å²) in [6.07, 6.45) is 1.01. The number of amides is 8. The predicted octanol–water partition coefficient (Wildman–Crippen LogP) is -0.193. The van der Waals surface area contributed by atoms with E-state index in [0.717, 1.165) is 6.07 Å². The average molecular weight is 1040 g/mol. The number of nitrogens with zero attached hydrogens (tertiary/aromatic N) is 1. The number of carboxylic acid groups (broad SMARTS) is 1. The van der Waals surface area contributed by atoms with Crippen molar-refractivity contribution in [3.8, 4) is 23.0 Å². The first kappa shape index (κ1) is 58.1. The van der Waals surface area contributed by atoms with Gasteiger partial charge in [-0.25, -0.2) is 4.79 Å². The third kappa shape index (κ3) is 17.9. The van der Waals surface area contributed by atoms with E-state index < -0.39 is 85.0 Å². The van der Waals surface area contributed by atoms with Gasteiger partial charge in [-0.1, -0.05) is 0 Å². The first-order valence-corrected chi connectivity index (χ1v) is 22.7. The van der Waals surface area contributed by atoms with Crippen LogP contribution in [0.25, 0.3) is 0 Å². The molecule has 2 atom stereocenters. The van der Waals surface area contributed by atoms with Gasteiger partial charge in [0.15, 0.2) is 12.6 Å². The van der Waals surface area contributed by atoms with Crippen LogP contribution < -0.4 is 84.8 Å². The topological polar surface area (TPSA) is 437 Å². The number of aliphatic imine (C=N–C) groups is 1. The number of guanidine groups is 1.